The summed E-state index contributed by atoms with van der Waals surface area (Å²) in [5.41, 5.74) is 0. The van der Waals surface area contributed by atoms with Gasteiger partial charge in [-0.2, -0.15) is 5.10 Å². The van der Waals surface area contributed by atoms with Crippen LogP contribution < -0.4 is 5.32 Å². The van der Waals surface area contributed by atoms with Gasteiger partial charge < -0.3 is 5.32 Å². The van der Waals surface area contributed by atoms with Gasteiger partial charge in [0.25, 0.3) is 0 Å². The Kier molecular flexibility index (Phi) is 2.65. The lowest BCUT2D eigenvalue weighted by Crippen LogP contribution is -2.26. The molecule has 0 bridgehead atoms. The van der Waals surface area contributed by atoms with E-state index in [0.717, 1.165) is 30.7 Å². The molecule has 16 heavy (non-hydrogen) atoms. The Balaban J connectivity index is 1.64. The third-order valence-electron chi connectivity index (χ3n) is 3.83. The highest BCUT2D eigenvalue weighted by Crippen LogP contribution is 2.26. The van der Waals surface area contributed by atoms with E-state index < -0.39 is 0 Å². The van der Waals surface area contributed by atoms with Gasteiger partial charge >= 0.3 is 0 Å². The van der Waals surface area contributed by atoms with Crippen molar-refractivity contribution >= 4 is 0 Å². The molecule has 0 radical (unpaired) electrons. The number of rotatable bonds is 3. The maximum Gasteiger partial charge on any atom is 0.140 e. The molecule has 1 aromatic heterocycles. The Morgan fingerprint density at radius 2 is 2.12 bits per heavy atom. The third kappa shape index (κ3) is 1.74. The minimum Gasteiger partial charge on any atom is -0.316 e. The van der Waals surface area contributed by atoms with Crippen LogP contribution in [0.2, 0.25) is 0 Å². The first-order chi connectivity index (χ1) is 7.86. The Hall–Kier alpha value is -0.940. The van der Waals surface area contributed by atoms with E-state index in [9.17, 15) is 0 Å². The molecule has 3 heterocycles. The Morgan fingerprint density at radius 3 is 2.81 bits per heavy atom. The summed E-state index contributed by atoms with van der Waals surface area (Å²) in [7, 11) is 0. The van der Waals surface area contributed by atoms with Gasteiger partial charge in [-0.3, -0.25) is 4.90 Å². The number of hydrogen-bond acceptors (Lipinski definition) is 4. The van der Waals surface area contributed by atoms with Gasteiger partial charge in [-0.25, -0.2) is 9.67 Å². The minimum atomic E-state index is 0.859. The molecule has 88 valence electrons. The second kappa shape index (κ2) is 4.14. The van der Waals surface area contributed by atoms with Crippen molar-refractivity contribution in [3.8, 4) is 0 Å². The van der Waals surface area contributed by atoms with Crippen molar-refractivity contribution < 1.29 is 0 Å². The second-order valence-corrected chi connectivity index (χ2v) is 4.86. The quantitative estimate of drug-likeness (QED) is 0.777. The maximum atomic E-state index is 4.34. The smallest absolute Gasteiger partial charge is 0.140 e. The van der Waals surface area contributed by atoms with Gasteiger partial charge in [-0.15, -0.1) is 0 Å². The molecule has 2 aliphatic rings. The van der Waals surface area contributed by atoms with Gasteiger partial charge in [-0.1, -0.05) is 0 Å². The van der Waals surface area contributed by atoms with Crippen LogP contribution in [0.4, 0.5) is 0 Å². The van der Waals surface area contributed by atoms with Crippen LogP contribution in [-0.2, 0) is 13.1 Å². The van der Waals surface area contributed by atoms with E-state index in [2.05, 4.69) is 27.2 Å². The number of nitrogens with zero attached hydrogens (tertiary/aromatic N) is 4. The van der Waals surface area contributed by atoms with E-state index in [0.29, 0.717) is 0 Å². The highest BCUT2D eigenvalue weighted by molar-refractivity contribution is 4.94. The number of fused-ring (bicyclic) bond motifs is 1. The zero-order valence-corrected chi connectivity index (χ0v) is 9.76. The monoisotopic (exact) mass is 221 g/mol. The fraction of sp³-hybridized carbons (Fsp3) is 0.818. The molecule has 5 nitrogen and oxygen atoms in total. The Morgan fingerprint density at radius 1 is 1.38 bits per heavy atom. The molecule has 5 heteroatoms. The van der Waals surface area contributed by atoms with E-state index in [1.165, 1.54) is 26.2 Å². The number of likely N-dealkylation sites (tertiary alicyclic amines) is 1. The van der Waals surface area contributed by atoms with Gasteiger partial charge in [0.15, 0.2) is 0 Å². The number of nitrogens with one attached hydrogen (secondary N) is 1. The Labute approximate surface area is 95.8 Å². The van der Waals surface area contributed by atoms with Crippen molar-refractivity contribution in [3.63, 3.8) is 0 Å². The van der Waals surface area contributed by atoms with E-state index in [1.54, 1.807) is 6.33 Å². The van der Waals surface area contributed by atoms with Crippen molar-refractivity contribution in [2.75, 3.05) is 26.2 Å². The average molecular weight is 221 g/mol. The summed E-state index contributed by atoms with van der Waals surface area (Å²) in [6.45, 7) is 8.81. The average Bonchev–Trinajstić information content (AvgIpc) is 2.92. The van der Waals surface area contributed by atoms with Gasteiger partial charge in [0.1, 0.15) is 12.2 Å². The summed E-state index contributed by atoms with van der Waals surface area (Å²) < 4.78 is 1.99. The van der Waals surface area contributed by atoms with Crippen LogP contribution in [-0.4, -0.2) is 45.8 Å². The van der Waals surface area contributed by atoms with Crippen LogP contribution in [0, 0.1) is 11.8 Å². The lowest BCUT2D eigenvalue weighted by molar-refractivity contribution is 0.291. The van der Waals surface area contributed by atoms with Gasteiger partial charge in [0, 0.05) is 19.6 Å². The molecule has 2 saturated heterocycles. The molecule has 3 rings (SSSR count). The number of aromatic nitrogens is 3. The van der Waals surface area contributed by atoms with Crippen molar-refractivity contribution in [2.24, 2.45) is 11.8 Å². The molecule has 0 aromatic carbocycles. The zero-order chi connectivity index (χ0) is 11.0. The maximum absolute atomic E-state index is 4.34. The Bertz CT molecular complexity index is 349. The van der Waals surface area contributed by atoms with Crippen LogP contribution in [0.15, 0.2) is 6.33 Å². The first-order valence-electron chi connectivity index (χ1n) is 6.16. The van der Waals surface area contributed by atoms with Gasteiger partial charge in [-0.05, 0) is 31.8 Å². The van der Waals surface area contributed by atoms with Gasteiger partial charge in [0.05, 0.1) is 6.54 Å². The standard InChI is InChI=1S/C11H19N5/c1-2-16-11(13-8-14-16)7-15-5-9-3-12-4-10(9)6-15/h8-10,12H,2-7H2,1H3. The molecule has 2 fully saturated rings. The van der Waals surface area contributed by atoms with Crippen LogP contribution in [0.5, 0.6) is 0 Å². The largest absolute Gasteiger partial charge is 0.316 e. The summed E-state index contributed by atoms with van der Waals surface area (Å²) in [5.74, 6) is 2.83. The third-order valence-corrected chi connectivity index (χ3v) is 3.83. The second-order valence-electron chi connectivity index (χ2n) is 4.86. The summed E-state index contributed by atoms with van der Waals surface area (Å²) in [4.78, 5) is 6.86. The summed E-state index contributed by atoms with van der Waals surface area (Å²) in [6.07, 6.45) is 1.66. The molecule has 1 N–H and O–H groups in total. The van der Waals surface area contributed by atoms with E-state index in [-0.39, 0.29) is 0 Å². The zero-order valence-electron chi connectivity index (χ0n) is 9.76. The number of aryl methyl sites for hydroxylation is 1. The van der Waals surface area contributed by atoms with Gasteiger partial charge in [0.2, 0.25) is 0 Å². The number of hydrogen-bond donors (Lipinski definition) is 1. The molecular weight excluding hydrogens is 202 g/mol. The molecule has 0 saturated carbocycles. The van der Waals surface area contributed by atoms with Crippen molar-refractivity contribution in [1.82, 2.24) is 25.0 Å². The van der Waals surface area contributed by atoms with Crippen molar-refractivity contribution in [3.05, 3.63) is 12.2 Å². The minimum absolute atomic E-state index is 0.859. The molecule has 0 amide bonds. The lowest BCUT2D eigenvalue weighted by atomic mass is 10.0. The van der Waals surface area contributed by atoms with Crippen LogP contribution in [0.3, 0.4) is 0 Å². The van der Waals surface area contributed by atoms with Crippen LogP contribution >= 0.6 is 0 Å². The lowest BCUT2D eigenvalue weighted by Gasteiger charge is -2.16. The molecule has 0 aliphatic carbocycles. The fourth-order valence-corrected chi connectivity index (χ4v) is 2.96. The summed E-state index contributed by atoms with van der Waals surface area (Å²) in [6, 6.07) is 0. The predicted octanol–water partition coefficient (Wildman–Crippen LogP) is -0.0508. The molecule has 2 atom stereocenters. The molecule has 2 unspecified atom stereocenters. The van der Waals surface area contributed by atoms with Crippen LogP contribution in [0.1, 0.15) is 12.7 Å². The van der Waals surface area contributed by atoms with E-state index >= 15 is 0 Å². The van der Waals surface area contributed by atoms with Crippen molar-refractivity contribution in [2.45, 2.75) is 20.0 Å². The van der Waals surface area contributed by atoms with E-state index in [1.807, 2.05) is 4.68 Å². The molecule has 2 aliphatic heterocycles. The SMILES string of the molecule is CCn1ncnc1CN1CC2CNCC2C1. The molecule has 0 spiro atoms. The molecule has 1 aromatic rings. The first kappa shape index (κ1) is 10.2. The highest BCUT2D eigenvalue weighted by Gasteiger charge is 2.36. The predicted molar refractivity (Wildman–Crippen MR) is 60.8 cm³/mol. The topological polar surface area (TPSA) is 46.0 Å². The first-order valence-corrected chi connectivity index (χ1v) is 6.16. The fourth-order valence-electron chi connectivity index (χ4n) is 2.96. The molecular formula is C11H19N5. The summed E-state index contributed by atoms with van der Waals surface area (Å²) in [5, 5.41) is 7.68. The van der Waals surface area contributed by atoms with Crippen molar-refractivity contribution in [1.29, 1.82) is 0 Å². The highest BCUT2D eigenvalue weighted by atomic mass is 15.3. The normalized spacial score (nSPS) is 29.8. The van der Waals surface area contributed by atoms with Crippen LogP contribution in [0.25, 0.3) is 0 Å². The summed E-state index contributed by atoms with van der Waals surface area (Å²) >= 11 is 0. The van der Waals surface area contributed by atoms with E-state index in [4.69, 9.17) is 0 Å².